The van der Waals surface area contributed by atoms with Gasteiger partial charge in [0, 0.05) is 38.8 Å². The van der Waals surface area contributed by atoms with Crippen molar-refractivity contribution in [3.05, 3.63) is 30.3 Å². The molecule has 3 rings (SSSR count). The molecular weight excluding hydrogens is 298 g/mol. The topological polar surface area (TPSA) is 79.0 Å². The molecule has 4 amide bonds. The van der Waals surface area contributed by atoms with Gasteiger partial charge in [-0.05, 0) is 12.1 Å². The van der Waals surface area contributed by atoms with E-state index in [4.69, 9.17) is 4.74 Å². The van der Waals surface area contributed by atoms with Crippen molar-refractivity contribution >= 4 is 23.5 Å². The smallest absolute Gasteiger partial charge is 0.325 e. The van der Waals surface area contributed by atoms with Gasteiger partial charge in [0.1, 0.15) is 12.1 Å². The van der Waals surface area contributed by atoms with E-state index in [1.807, 2.05) is 18.2 Å². The summed E-state index contributed by atoms with van der Waals surface area (Å²) in [5.74, 6) is -0.649. The van der Waals surface area contributed by atoms with E-state index >= 15 is 0 Å². The predicted octanol–water partition coefficient (Wildman–Crippen LogP) is 0.750. The highest BCUT2D eigenvalue weighted by molar-refractivity contribution is 6.10. The summed E-state index contributed by atoms with van der Waals surface area (Å²) in [4.78, 5) is 39.6. The van der Waals surface area contributed by atoms with Crippen LogP contribution in [0.3, 0.4) is 0 Å². The van der Waals surface area contributed by atoms with Crippen LogP contribution in [0.4, 0.5) is 10.5 Å². The molecule has 2 aliphatic heterocycles. The second kappa shape index (κ2) is 6.00. The highest BCUT2D eigenvalue weighted by Gasteiger charge is 2.52. The van der Waals surface area contributed by atoms with E-state index in [1.165, 1.54) is 4.90 Å². The van der Waals surface area contributed by atoms with Crippen LogP contribution in [0.5, 0.6) is 0 Å². The van der Waals surface area contributed by atoms with E-state index in [-0.39, 0.29) is 18.4 Å². The molecule has 1 aromatic rings. The van der Waals surface area contributed by atoms with E-state index in [0.29, 0.717) is 31.7 Å². The minimum absolute atomic E-state index is 0.265. The van der Waals surface area contributed by atoms with Crippen molar-refractivity contribution in [1.29, 1.82) is 0 Å². The summed E-state index contributed by atoms with van der Waals surface area (Å²) < 4.78 is 5.25. The van der Waals surface area contributed by atoms with Crippen LogP contribution in [0.1, 0.15) is 12.8 Å². The van der Waals surface area contributed by atoms with Crippen molar-refractivity contribution in [2.75, 3.05) is 31.7 Å². The molecule has 2 aliphatic rings. The lowest BCUT2D eigenvalue weighted by molar-refractivity contribution is -0.136. The zero-order valence-electron chi connectivity index (χ0n) is 12.9. The number of benzene rings is 1. The highest BCUT2D eigenvalue weighted by Crippen LogP contribution is 2.28. The fourth-order valence-electron chi connectivity index (χ4n) is 2.92. The van der Waals surface area contributed by atoms with Gasteiger partial charge in [-0.25, -0.2) is 4.79 Å². The number of para-hydroxylation sites is 1. The number of rotatable bonds is 3. The molecule has 0 aliphatic carbocycles. The summed E-state index contributed by atoms with van der Waals surface area (Å²) in [5, 5.41) is 2.74. The normalized spacial score (nSPS) is 19.8. The molecule has 0 unspecified atom stereocenters. The zero-order valence-corrected chi connectivity index (χ0v) is 12.9. The molecule has 2 saturated heterocycles. The van der Waals surface area contributed by atoms with Crippen LogP contribution in [-0.4, -0.2) is 55.1 Å². The Morgan fingerprint density at radius 2 is 1.91 bits per heavy atom. The first-order valence-corrected chi connectivity index (χ1v) is 7.57. The van der Waals surface area contributed by atoms with Gasteiger partial charge in [0.15, 0.2) is 0 Å². The lowest BCUT2D eigenvalue weighted by atomic mass is 9.90. The first-order valence-electron chi connectivity index (χ1n) is 7.57. The lowest BCUT2D eigenvalue weighted by Crippen LogP contribution is -2.51. The molecule has 7 nitrogen and oxygen atoms in total. The monoisotopic (exact) mass is 317 g/mol. The molecule has 7 heteroatoms. The van der Waals surface area contributed by atoms with Crippen LogP contribution in [0, 0.1) is 0 Å². The quantitative estimate of drug-likeness (QED) is 0.835. The molecule has 23 heavy (non-hydrogen) atoms. The molecule has 2 heterocycles. The summed E-state index contributed by atoms with van der Waals surface area (Å²) in [6.07, 6.45) is 0.883. The van der Waals surface area contributed by atoms with Crippen LogP contribution in [0.25, 0.3) is 0 Å². The Kier molecular flexibility index (Phi) is 4.04. The average Bonchev–Trinajstić information content (AvgIpc) is 2.80. The Bertz CT molecular complexity index is 625. The maximum absolute atomic E-state index is 12.6. The van der Waals surface area contributed by atoms with E-state index in [9.17, 15) is 14.4 Å². The van der Waals surface area contributed by atoms with Crippen LogP contribution < -0.4 is 10.2 Å². The Morgan fingerprint density at radius 3 is 2.57 bits per heavy atom. The Balaban J connectivity index is 1.71. The molecule has 1 N–H and O–H groups in total. The number of nitrogens with zero attached hydrogens (tertiary/aromatic N) is 2. The van der Waals surface area contributed by atoms with E-state index < -0.39 is 11.6 Å². The van der Waals surface area contributed by atoms with Gasteiger partial charge in [-0.1, -0.05) is 18.2 Å². The third-order valence-corrected chi connectivity index (χ3v) is 4.40. The van der Waals surface area contributed by atoms with Gasteiger partial charge in [-0.15, -0.1) is 0 Å². The number of ether oxygens (including phenoxy) is 1. The van der Waals surface area contributed by atoms with Gasteiger partial charge < -0.3 is 15.0 Å². The molecule has 0 saturated carbocycles. The fourth-order valence-corrected chi connectivity index (χ4v) is 2.92. The third kappa shape index (κ3) is 2.79. The largest absolute Gasteiger partial charge is 0.381 e. The molecule has 1 spiro atoms. The van der Waals surface area contributed by atoms with Crippen LogP contribution >= 0.6 is 0 Å². The van der Waals surface area contributed by atoms with Crippen LogP contribution in [0.15, 0.2) is 30.3 Å². The number of likely N-dealkylation sites (N-methyl/N-ethyl adjacent to an activating group) is 1. The van der Waals surface area contributed by atoms with Gasteiger partial charge in [0.2, 0.25) is 5.91 Å². The van der Waals surface area contributed by atoms with Crippen molar-refractivity contribution in [1.82, 2.24) is 10.2 Å². The standard InChI is InChI=1S/C16H19N3O4/c1-18(12-5-3-2-4-6-12)13(20)11-19-14(21)16(17-15(19)22)7-9-23-10-8-16/h2-6H,7-11H2,1H3,(H,17,22). The summed E-state index contributed by atoms with van der Waals surface area (Å²) in [6, 6.07) is 8.58. The minimum atomic E-state index is -0.902. The van der Waals surface area contributed by atoms with E-state index in [2.05, 4.69) is 5.32 Å². The maximum atomic E-state index is 12.6. The number of hydrogen-bond acceptors (Lipinski definition) is 4. The number of nitrogens with one attached hydrogen (secondary N) is 1. The van der Waals surface area contributed by atoms with Crippen molar-refractivity contribution in [2.45, 2.75) is 18.4 Å². The molecule has 1 aromatic carbocycles. The number of carbonyl (C=O) groups is 3. The fraction of sp³-hybridized carbons (Fsp3) is 0.438. The number of carbonyl (C=O) groups excluding carboxylic acids is 3. The van der Waals surface area contributed by atoms with Crippen LogP contribution in [-0.2, 0) is 14.3 Å². The summed E-state index contributed by atoms with van der Waals surface area (Å²) in [7, 11) is 1.63. The molecule has 0 radical (unpaired) electrons. The predicted molar refractivity (Wildman–Crippen MR) is 82.9 cm³/mol. The highest BCUT2D eigenvalue weighted by atomic mass is 16.5. The van der Waals surface area contributed by atoms with Gasteiger partial charge >= 0.3 is 6.03 Å². The third-order valence-electron chi connectivity index (χ3n) is 4.40. The Labute approximate surface area is 134 Å². The van der Waals surface area contributed by atoms with Crippen LogP contribution in [0.2, 0.25) is 0 Å². The first kappa shape index (κ1) is 15.5. The first-order chi connectivity index (χ1) is 11.0. The zero-order chi connectivity index (χ0) is 16.4. The van der Waals surface area contributed by atoms with Crippen molar-refractivity contribution in [3.8, 4) is 0 Å². The molecule has 0 bridgehead atoms. The Morgan fingerprint density at radius 1 is 1.26 bits per heavy atom. The summed E-state index contributed by atoms with van der Waals surface area (Å²) >= 11 is 0. The number of hydrogen-bond donors (Lipinski definition) is 1. The average molecular weight is 317 g/mol. The number of amides is 4. The van der Waals surface area contributed by atoms with Gasteiger partial charge in [-0.2, -0.15) is 0 Å². The molecule has 2 fully saturated rings. The lowest BCUT2D eigenvalue weighted by Gasteiger charge is -2.30. The summed E-state index contributed by atoms with van der Waals surface area (Å²) in [6.45, 7) is 0.591. The van der Waals surface area contributed by atoms with Crippen molar-refractivity contribution in [2.24, 2.45) is 0 Å². The van der Waals surface area contributed by atoms with Gasteiger partial charge in [-0.3, -0.25) is 14.5 Å². The minimum Gasteiger partial charge on any atom is -0.381 e. The number of imide groups is 1. The van der Waals surface area contributed by atoms with E-state index in [1.54, 1.807) is 19.2 Å². The second-order valence-corrected chi connectivity index (χ2v) is 5.80. The molecule has 0 aromatic heterocycles. The molecule has 0 atom stereocenters. The van der Waals surface area contributed by atoms with Crippen molar-refractivity contribution in [3.63, 3.8) is 0 Å². The number of urea groups is 1. The number of anilines is 1. The SMILES string of the molecule is CN(C(=O)CN1C(=O)NC2(CCOCC2)C1=O)c1ccccc1. The Hall–Kier alpha value is -2.41. The maximum Gasteiger partial charge on any atom is 0.325 e. The molecule has 122 valence electrons. The van der Waals surface area contributed by atoms with Gasteiger partial charge in [0.05, 0.1) is 0 Å². The van der Waals surface area contributed by atoms with Gasteiger partial charge in [0.25, 0.3) is 5.91 Å². The second-order valence-electron chi connectivity index (χ2n) is 5.80. The summed E-state index contributed by atoms with van der Waals surface area (Å²) in [5.41, 5.74) is -0.189. The van der Waals surface area contributed by atoms with E-state index in [0.717, 1.165) is 4.90 Å². The van der Waals surface area contributed by atoms with Crippen molar-refractivity contribution < 1.29 is 19.1 Å². The molecular formula is C16H19N3O4.